The first kappa shape index (κ1) is 25.3. The zero-order chi connectivity index (χ0) is 26.4. The number of β-lactam (4-membered cyclic amide) rings is 1. The molecular weight excluding hydrogens is 486 g/mol. The molecule has 12 heteroatoms. The maximum absolute atomic E-state index is 13.3. The zero-order valence-electron chi connectivity index (χ0n) is 20.2. The van der Waals surface area contributed by atoms with Crippen LogP contribution in [0.5, 0.6) is 0 Å². The predicted molar refractivity (Wildman–Crippen MR) is 133 cm³/mol. The summed E-state index contributed by atoms with van der Waals surface area (Å²) >= 11 is 1.30. The van der Waals surface area contributed by atoms with Crippen molar-refractivity contribution in [1.82, 2.24) is 24.7 Å². The topological polar surface area (TPSA) is 143 Å². The van der Waals surface area contributed by atoms with Gasteiger partial charge in [0.15, 0.2) is 0 Å². The quantitative estimate of drug-likeness (QED) is 0.496. The molecule has 1 aromatic heterocycles. The number of amides is 3. The first-order chi connectivity index (χ1) is 16.9. The van der Waals surface area contributed by atoms with Crippen molar-refractivity contribution >= 4 is 41.8 Å². The van der Waals surface area contributed by atoms with Crippen molar-refractivity contribution < 1.29 is 24.3 Å². The van der Waals surface area contributed by atoms with Crippen LogP contribution >= 0.6 is 11.8 Å². The number of hydrogen-bond acceptors (Lipinski definition) is 6. The van der Waals surface area contributed by atoms with E-state index in [4.69, 9.17) is 0 Å². The van der Waals surface area contributed by atoms with Crippen LogP contribution in [0.2, 0.25) is 0 Å². The van der Waals surface area contributed by atoms with E-state index in [0.717, 1.165) is 10.1 Å². The number of carboxylic acids is 1. The summed E-state index contributed by atoms with van der Waals surface area (Å²) in [6.07, 6.45) is 4.31. The van der Waals surface area contributed by atoms with Gasteiger partial charge < -0.3 is 20.6 Å². The first-order valence-electron chi connectivity index (χ1n) is 11.3. The largest absolute Gasteiger partial charge is 0.480 e. The second kappa shape index (κ2) is 9.34. The molecule has 0 saturated carbocycles. The molecule has 11 nitrogen and oxygen atoms in total. The summed E-state index contributed by atoms with van der Waals surface area (Å²) < 4.78 is 1.37. The second-order valence-corrected chi connectivity index (χ2v) is 11.2. The molecule has 0 bridgehead atoms. The van der Waals surface area contributed by atoms with Crippen molar-refractivity contribution in [1.29, 1.82) is 0 Å². The second-order valence-electron chi connectivity index (χ2n) is 9.44. The molecule has 4 atom stereocenters. The number of carbonyl (C=O) groups excluding carboxylic acids is 3. The monoisotopic (exact) mass is 513 g/mol. The minimum absolute atomic E-state index is 0.451. The van der Waals surface area contributed by atoms with E-state index in [1.165, 1.54) is 33.6 Å². The molecule has 2 fully saturated rings. The standard InChI is InChI=1S/C24H27N5O6S/c1-13(2)12-27-10-11-28(23(27)35)22(34)26-15(14-8-6-5-7-9-14)18(30)25-16-19(31)29-17(21(32)33)24(3,4)36-20(16)29/h5-12,15-17,20H,1-4H3,(H,25,30)(H,26,34)(H,32,33)/t15?,16-,17+,20-/m1/s1. The van der Waals surface area contributed by atoms with Crippen LogP contribution in [0.3, 0.4) is 0 Å². The SMILES string of the molecule is CC(C)=Cn1ccn(C(=O)NC(C(=O)N[C@@H]2C(=O)N3[C@@H]2SC(C)(C)[C@@H]3C(=O)O)c2ccccc2)c1=O. The van der Waals surface area contributed by atoms with E-state index in [1.54, 1.807) is 50.4 Å². The minimum Gasteiger partial charge on any atom is -0.480 e. The molecule has 2 aliphatic rings. The van der Waals surface area contributed by atoms with Crippen molar-refractivity contribution in [2.75, 3.05) is 0 Å². The van der Waals surface area contributed by atoms with E-state index < -0.39 is 57.8 Å². The third-order valence-corrected chi connectivity index (χ3v) is 7.63. The lowest BCUT2D eigenvalue weighted by molar-refractivity contribution is -0.161. The fourth-order valence-electron chi connectivity index (χ4n) is 4.44. The number of fused-ring (bicyclic) bond motifs is 1. The Kier molecular flexibility index (Phi) is 6.56. The number of nitrogens with zero attached hydrogens (tertiary/aromatic N) is 3. The summed E-state index contributed by atoms with van der Waals surface area (Å²) in [5, 5.41) is 14.3. The van der Waals surface area contributed by atoms with Gasteiger partial charge in [0.1, 0.15) is 23.5 Å². The van der Waals surface area contributed by atoms with E-state index in [0.29, 0.717) is 5.56 Å². The predicted octanol–water partition coefficient (Wildman–Crippen LogP) is 1.46. The molecule has 0 radical (unpaired) electrons. The molecule has 2 aliphatic heterocycles. The van der Waals surface area contributed by atoms with Gasteiger partial charge in [0.05, 0.1) is 0 Å². The summed E-state index contributed by atoms with van der Waals surface area (Å²) in [6, 6.07) is 4.48. The first-order valence-corrected chi connectivity index (χ1v) is 12.1. The Morgan fingerprint density at radius 3 is 2.39 bits per heavy atom. The Bertz CT molecular complexity index is 1310. The lowest BCUT2D eigenvalue weighted by Gasteiger charge is -2.44. The zero-order valence-corrected chi connectivity index (χ0v) is 21.0. The Labute approximate surface area is 211 Å². The van der Waals surface area contributed by atoms with Gasteiger partial charge in [0.2, 0.25) is 11.8 Å². The Balaban J connectivity index is 1.56. The molecule has 2 aromatic rings. The van der Waals surface area contributed by atoms with Gasteiger partial charge in [-0.05, 0) is 33.3 Å². The number of carbonyl (C=O) groups is 4. The molecule has 2 saturated heterocycles. The normalized spacial score (nSPS) is 22.7. The van der Waals surface area contributed by atoms with Crippen molar-refractivity contribution in [3.8, 4) is 0 Å². The fraction of sp³-hybridized carbons (Fsp3) is 0.375. The Morgan fingerprint density at radius 1 is 1.11 bits per heavy atom. The molecule has 3 N–H and O–H groups in total. The number of hydrogen-bond donors (Lipinski definition) is 3. The van der Waals surface area contributed by atoms with Gasteiger partial charge in [-0.25, -0.2) is 19.0 Å². The number of allylic oxidation sites excluding steroid dienone is 1. The molecule has 3 heterocycles. The van der Waals surface area contributed by atoms with Crippen LogP contribution in [0.1, 0.15) is 39.3 Å². The highest BCUT2D eigenvalue weighted by molar-refractivity contribution is 8.01. The van der Waals surface area contributed by atoms with E-state index in [-0.39, 0.29) is 0 Å². The van der Waals surface area contributed by atoms with Gasteiger partial charge in [0, 0.05) is 23.3 Å². The fourth-order valence-corrected chi connectivity index (χ4v) is 6.07. The molecule has 4 rings (SSSR count). The number of aliphatic carboxylic acids is 1. The smallest absolute Gasteiger partial charge is 0.340 e. The number of carboxylic acid groups (broad SMARTS) is 1. The molecule has 3 amide bonds. The Hall–Kier alpha value is -3.80. The molecular formula is C24H27N5O6S. The van der Waals surface area contributed by atoms with Crippen LogP contribution in [0, 0.1) is 0 Å². The van der Waals surface area contributed by atoms with E-state index in [1.807, 2.05) is 13.8 Å². The highest BCUT2D eigenvalue weighted by Crippen LogP contribution is 2.50. The number of thioether (sulfide) groups is 1. The Morgan fingerprint density at radius 2 is 1.78 bits per heavy atom. The summed E-state index contributed by atoms with van der Waals surface area (Å²) in [4.78, 5) is 64.7. The maximum atomic E-state index is 13.3. The highest BCUT2D eigenvalue weighted by atomic mass is 32.2. The maximum Gasteiger partial charge on any atom is 0.340 e. The molecule has 0 spiro atoms. The molecule has 190 valence electrons. The average molecular weight is 514 g/mol. The number of rotatable bonds is 6. The van der Waals surface area contributed by atoms with Crippen LogP contribution in [0.25, 0.3) is 6.20 Å². The molecule has 0 aliphatic carbocycles. The number of aromatic nitrogens is 2. The van der Waals surface area contributed by atoms with Gasteiger partial charge in [-0.15, -0.1) is 11.8 Å². The van der Waals surface area contributed by atoms with Crippen molar-refractivity contribution in [2.45, 2.75) is 55.9 Å². The van der Waals surface area contributed by atoms with Gasteiger partial charge in [0.25, 0.3) is 0 Å². The summed E-state index contributed by atoms with van der Waals surface area (Å²) in [5.74, 6) is -2.25. The van der Waals surface area contributed by atoms with Gasteiger partial charge >= 0.3 is 17.7 Å². The summed E-state index contributed by atoms with van der Waals surface area (Å²) in [7, 11) is 0. The lowest BCUT2D eigenvalue weighted by Crippen LogP contribution is -2.71. The van der Waals surface area contributed by atoms with Gasteiger partial charge in [-0.3, -0.25) is 14.2 Å². The van der Waals surface area contributed by atoms with E-state index in [2.05, 4.69) is 10.6 Å². The van der Waals surface area contributed by atoms with Gasteiger partial charge in [-0.2, -0.15) is 0 Å². The lowest BCUT2D eigenvalue weighted by atomic mass is 9.95. The van der Waals surface area contributed by atoms with Crippen LogP contribution in [0.15, 0.2) is 53.1 Å². The molecule has 1 aromatic carbocycles. The third-order valence-electron chi connectivity index (χ3n) is 6.05. The van der Waals surface area contributed by atoms with E-state index in [9.17, 15) is 29.1 Å². The number of benzene rings is 1. The van der Waals surface area contributed by atoms with Crippen LogP contribution < -0.4 is 16.3 Å². The average Bonchev–Trinajstić information content (AvgIpc) is 3.30. The van der Waals surface area contributed by atoms with Crippen molar-refractivity contribution in [2.24, 2.45) is 0 Å². The van der Waals surface area contributed by atoms with Crippen LogP contribution in [0.4, 0.5) is 4.79 Å². The van der Waals surface area contributed by atoms with Gasteiger partial charge in [-0.1, -0.05) is 35.9 Å². The number of imidazole rings is 1. The van der Waals surface area contributed by atoms with Crippen LogP contribution in [-0.4, -0.2) is 65.2 Å². The minimum atomic E-state index is -1.20. The van der Waals surface area contributed by atoms with Crippen molar-refractivity contribution in [3.05, 3.63) is 64.3 Å². The van der Waals surface area contributed by atoms with E-state index >= 15 is 0 Å². The summed E-state index contributed by atoms with van der Waals surface area (Å²) in [6.45, 7) is 7.11. The summed E-state index contributed by atoms with van der Waals surface area (Å²) in [5.41, 5.74) is 0.704. The molecule has 1 unspecified atom stereocenters. The third kappa shape index (κ3) is 4.43. The highest BCUT2D eigenvalue weighted by Gasteiger charge is 2.64. The van der Waals surface area contributed by atoms with Crippen molar-refractivity contribution in [3.63, 3.8) is 0 Å². The van der Waals surface area contributed by atoms with Crippen LogP contribution in [-0.2, 0) is 14.4 Å². The molecule has 36 heavy (non-hydrogen) atoms. The number of nitrogens with one attached hydrogen (secondary N) is 2.